The minimum atomic E-state index is -4.69. The number of aliphatic hydroxyl groups is 1. The zero-order valence-electron chi connectivity index (χ0n) is 19.2. The van der Waals surface area contributed by atoms with Gasteiger partial charge in [-0.1, -0.05) is 11.6 Å². The number of alkyl halides is 3. The van der Waals surface area contributed by atoms with E-state index in [4.69, 9.17) is 21.1 Å². The van der Waals surface area contributed by atoms with E-state index in [9.17, 15) is 32.3 Å². The second-order valence-electron chi connectivity index (χ2n) is 9.71. The first-order valence-corrected chi connectivity index (χ1v) is 12.0. The molecule has 3 N–H and O–H groups in total. The molecule has 4 fully saturated rings. The van der Waals surface area contributed by atoms with Crippen LogP contribution < -0.4 is 15.4 Å². The van der Waals surface area contributed by atoms with E-state index < -0.39 is 53.4 Å². The topological polar surface area (TPSA) is 106 Å². The second kappa shape index (κ2) is 10.3. The summed E-state index contributed by atoms with van der Waals surface area (Å²) in [7, 11) is 0. The molecule has 0 aliphatic heterocycles. The van der Waals surface area contributed by atoms with Gasteiger partial charge < -0.3 is 25.2 Å². The zero-order valence-corrected chi connectivity index (χ0v) is 20.0. The Balaban J connectivity index is 1.20. The number of fused-ring (bicyclic) bond motifs is 3. The predicted octanol–water partition coefficient (Wildman–Crippen LogP) is 2.99. The smallest absolute Gasteiger partial charge is 0.484 e. The van der Waals surface area contributed by atoms with E-state index in [0.717, 1.165) is 6.07 Å². The summed E-state index contributed by atoms with van der Waals surface area (Å²) in [5, 5.41) is 16.5. The van der Waals surface area contributed by atoms with Crippen molar-refractivity contribution in [2.75, 3.05) is 13.2 Å². The fraction of sp³-hybridized carbons (Fsp3) is 0.652. The van der Waals surface area contributed by atoms with Crippen molar-refractivity contribution in [3.8, 4) is 5.75 Å². The maximum absolute atomic E-state index is 13.5. The number of hydrogen-bond acceptors (Lipinski definition) is 6. The molecule has 4 aliphatic rings. The van der Waals surface area contributed by atoms with Gasteiger partial charge in [0.1, 0.15) is 18.2 Å². The van der Waals surface area contributed by atoms with Crippen molar-refractivity contribution < 1.29 is 46.5 Å². The van der Waals surface area contributed by atoms with E-state index in [1.54, 1.807) is 0 Å². The molecule has 1 aromatic rings. The van der Waals surface area contributed by atoms with Gasteiger partial charge in [0.2, 0.25) is 5.91 Å². The van der Waals surface area contributed by atoms with Crippen molar-refractivity contribution in [2.24, 2.45) is 0 Å². The summed E-state index contributed by atoms with van der Waals surface area (Å²) in [6.45, 7) is -0.670. The van der Waals surface area contributed by atoms with Crippen LogP contribution in [0.4, 0.5) is 17.6 Å². The Morgan fingerprint density at radius 2 is 1.72 bits per heavy atom. The van der Waals surface area contributed by atoms with Crippen molar-refractivity contribution >= 4 is 23.4 Å². The van der Waals surface area contributed by atoms with Crippen LogP contribution in [0.5, 0.6) is 5.75 Å². The molecule has 0 aromatic heterocycles. The highest BCUT2D eigenvalue weighted by Gasteiger charge is 2.55. The lowest BCUT2D eigenvalue weighted by Crippen LogP contribution is -2.70. The molecular formula is C23H27ClF4N2O6. The van der Waals surface area contributed by atoms with Crippen LogP contribution in [0.3, 0.4) is 0 Å². The summed E-state index contributed by atoms with van der Waals surface area (Å²) in [4.78, 5) is 24.9. The van der Waals surface area contributed by atoms with E-state index in [1.165, 1.54) is 12.1 Å². The summed E-state index contributed by atoms with van der Waals surface area (Å²) < 4.78 is 64.7. The third kappa shape index (κ3) is 6.39. The quantitative estimate of drug-likeness (QED) is 0.418. The standard InChI is InChI=1S/C23H27ClF4N2O6/c24-16-2-1-13(9-17(16)25)34-12-20(33)30-22-5-3-21(4-6-22,10-18(22)31)29-19(32)11-35-14-7-15(8-14)36-23(26,27)28/h1-2,9,14-15,18,31H,3-8,10-12H2,(H,29,32)(H,30,33)/t14-,15+,18-,21?,22?/m0/s1. The Kier molecular flexibility index (Phi) is 7.70. The molecule has 0 heterocycles. The minimum absolute atomic E-state index is 0.0624. The monoisotopic (exact) mass is 538 g/mol. The molecule has 0 saturated heterocycles. The summed E-state index contributed by atoms with van der Waals surface area (Å²) in [6.07, 6.45) is -4.78. The molecule has 0 radical (unpaired) electrons. The first-order chi connectivity index (χ1) is 16.9. The maximum Gasteiger partial charge on any atom is 0.522 e. The highest BCUT2D eigenvalue weighted by Crippen LogP contribution is 2.47. The van der Waals surface area contributed by atoms with E-state index in [0.29, 0.717) is 25.7 Å². The Labute approximate surface area is 209 Å². The van der Waals surface area contributed by atoms with Crippen LogP contribution in [-0.4, -0.2) is 65.9 Å². The van der Waals surface area contributed by atoms with Crippen molar-refractivity contribution in [1.29, 1.82) is 0 Å². The van der Waals surface area contributed by atoms with Crippen LogP contribution in [0, 0.1) is 5.82 Å². The van der Waals surface area contributed by atoms with Crippen LogP contribution in [-0.2, 0) is 19.1 Å². The molecule has 4 aliphatic carbocycles. The summed E-state index contributed by atoms with van der Waals surface area (Å²) >= 11 is 5.63. The molecular weight excluding hydrogens is 512 g/mol. The third-order valence-corrected chi connectivity index (χ3v) is 7.48. The molecule has 1 aromatic carbocycles. The Morgan fingerprint density at radius 1 is 1.06 bits per heavy atom. The van der Waals surface area contributed by atoms with Crippen LogP contribution in [0.15, 0.2) is 18.2 Å². The number of hydrogen-bond donors (Lipinski definition) is 3. The third-order valence-electron chi connectivity index (χ3n) is 7.18. The Morgan fingerprint density at radius 3 is 2.33 bits per heavy atom. The highest BCUT2D eigenvalue weighted by molar-refractivity contribution is 6.30. The van der Waals surface area contributed by atoms with Crippen LogP contribution >= 0.6 is 11.6 Å². The van der Waals surface area contributed by atoms with Gasteiger partial charge in [-0.25, -0.2) is 4.39 Å². The van der Waals surface area contributed by atoms with Crippen molar-refractivity contribution in [3.05, 3.63) is 29.0 Å². The average molecular weight is 539 g/mol. The van der Waals surface area contributed by atoms with Crippen LogP contribution in [0.1, 0.15) is 44.9 Å². The number of amides is 2. The minimum Gasteiger partial charge on any atom is -0.484 e. The van der Waals surface area contributed by atoms with Crippen molar-refractivity contribution in [2.45, 2.75) is 80.7 Å². The maximum atomic E-state index is 13.5. The average Bonchev–Trinajstić information content (AvgIpc) is 2.76. The lowest BCUT2D eigenvalue weighted by Gasteiger charge is -2.56. The van der Waals surface area contributed by atoms with Gasteiger partial charge in [0.05, 0.1) is 28.9 Å². The number of rotatable bonds is 9. The molecule has 36 heavy (non-hydrogen) atoms. The molecule has 2 bridgehead atoms. The zero-order chi connectivity index (χ0) is 26.1. The molecule has 2 amide bonds. The Hall–Kier alpha value is -2.15. The fourth-order valence-electron chi connectivity index (χ4n) is 5.16. The number of aliphatic hydroxyl groups excluding tert-OH is 1. The van der Waals surface area contributed by atoms with Gasteiger partial charge in [-0.3, -0.25) is 14.3 Å². The van der Waals surface area contributed by atoms with Gasteiger partial charge >= 0.3 is 6.36 Å². The first-order valence-electron chi connectivity index (χ1n) is 11.6. The number of nitrogens with one attached hydrogen (secondary N) is 2. The molecule has 200 valence electrons. The van der Waals surface area contributed by atoms with Crippen molar-refractivity contribution in [3.63, 3.8) is 0 Å². The molecule has 8 nitrogen and oxygen atoms in total. The molecule has 13 heteroatoms. The van der Waals surface area contributed by atoms with E-state index in [-0.39, 0.29) is 43.2 Å². The van der Waals surface area contributed by atoms with Gasteiger partial charge in [-0.15, -0.1) is 13.2 Å². The Bertz CT molecular complexity index is 980. The van der Waals surface area contributed by atoms with Crippen molar-refractivity contribution in [1.82, 2.24) is 10.6 Å². The predicted molar refractivity (Wildman–Crippen MR) is 118 cm³/mol. The van der Waals surface area contributed by atoms with E-state index >= 15 is 0 Å². The van der Waals surface area contributed by atoms with E-state index in [1.807, 2.05) is 0 Å². The summed E-state index contributed by atoms with van der Waals surface area (Å²) in [5.74, 6) is -1.40. The summed E-state index contributed by atoms with van der Waals surface area (Å²) in [6, 6.07) is 3.83. The fourth-order valence-corrected chi connectivity index (χ4v) is 5.27. The number of ether oxygens (including phenoxy) is 3. The van der Waals surface area contributed by atoms with Gasteiger partial charge in [0.25, 0.3) is 5.91 Å². The highest BCUT2D eigenvalue weighted by atomic mass is 35.5. The lowest BCUT2D eigenvalue weighted by atomic mass is 9.60. The molecule has 4 saturated carbocycles. The molecule has 0 spiro atoms. The molecule has 5 rings (SSSR count). The molecule has 0 unspecified atom stereocenters. The normalized spacial score (nSPS) is 31.4. The number of carbonyl (C=O) groups is 2. The van der Waals surface area contributed by atoms with Gasteiger partial charge in [0, 0.05) is 24.4 Å². The van der Waals surface area contributed by atoms with Gasteiger partial charge in [0.15, 0.2) is 6.61 Å². The summed E-state index contributed by atoms with van der Waals surface area (Å²) in [5.41, 5.74) is -1.50. The van der Waals surface area contributed by atoms with Gasteiger partial charge in [-0.2, -0.15) is 0 Å². The number of benzene rings is 1. The number of halogens is 5. The van der Waals surface area contributed by atoms with Crippen LogP contribution in [0.25, 0.3) is 0 Å². The molecule has 1 atom stereocenters. The number of carbonyl (C=O) groups excluding carboxylic acids is 2. The second-order valence-corrected chi connectivity index (χ2v) is 10.1. The van der Waals surface area contributed by atoms with E-state index in [2.05, 4.69) is 15.4 Å². The van der Waals surface area contributed by atoms with Gasteiger partial charge in [-0.05, 0) is 44.2 Å². The SMILES string of the molecule is O=C(CO[C@H]1C[C@@H](OC(F)(F)F)C1)NC12CCC(NC(=O)COc3ccc(Cl)c(F)c3)(CC1)[C@@H](O)C2. The largest absolute Gasteiger partial charge is 0.522 e. The lowest BCUT2D eigenvalue weighted by molar-refractivity contribution is -0.357. The first kappa shape index (κ1) is 26.9. The van der Waals surface area contributed by atoms with Crippen LogP contribution in [0.2, 0.25) is 5.02 Å².